The van der Waals surface area contributed by atoms with Gasteiger partial charge in [0.2, 0.25) is 5.95 Å². The van der Waals surface area contributed by atoms with Crippen LogP contribution in [0.15, 0.2) is 54.6 Å². The molecule has 1 atom stereocenters. The number of fused-ring (bicyclic) bond motifs is 1. The zero-order valence-electron chi connectivity index (χ0n) is 16.2. The standard InChI is InChI=1S/C21H20F3N5/c1-13-25-20-26-18(14-8-10-15(11-9-14)28(2)3)12-19(29(20)27-13)16-6-4-5-7-17(16)21(22,23)24/h4-12,19H,1-3H3,(H,25,26,27)/t19-/m0/s1. The van der Waals surface area contributed by atoms with Crippen molar-refractivity contribution in [2.24, 2.45) is 0 Å². The lowest BCUT2D eigenvalue weighted by Crippen LogP contribution is -2.23. The maximum atomic E-state index is 13.6. The molecule has 0 aliphatic carbocycles. The summed E-state index contributed by atoms with van der Waals surface area (Å²) in [5.41, 5.74) is 2.04. The Balaban J connectivity index is 1.84. The first-order valence-electron chi connectivity index (χ1n) is 9.10. The minimum absolute atomic E-state index is 0.134. The third-order valence-electron chi connectivity index (χ3n) is 4.85. The first-order chi connectivity index (χ1) is 13.7. The van der Waals surface area contributed by atoms with Crippen molar-refractivity contribution in [3.05, 3.63) is 77.1 Å². The van der Waals surface area contributed by atoms with Crippen molar-refractivity contribution >= 4 is 17.3 Å². The molecule has 29 heavy (non-hydrogen) atoms. The fraction of sp³-hybridized carbons (Fsp3) is 0.238. The van der Waals surface area contributed by atoms with Gasteiger partial charge in [-0.15, -0.1) is 0 Å². The predicted molar refractivity (Wildman–Crippen MR) is 107 cm³/mol. The van der Waals surface area contributed by atoms with Gasteiger partial charge >= 0.3 is 6.18 Å². The Bertz CT molecular complexity index is 1060. The molecule has 1 aliphatic heterocycles. The largest absolute Gasteiger partial charge is 0.416 e. The summed E-state index contributed by atoms with van der Waals surface area (Å²) in [4.78, 5) is 6.33. The van der Waals surface area contributed by atoms with Crippen molar-refractivity contribution in [1.82, 2.24) is 14.8 Å². The van der Waals surface area contributed by atoms with Crippen LogP contribution in [0.2, 0.25) is 0 Å². The highest BCUT2D eigenvalue weighted by atomic mass is 19.4. The highest BCUT2D eigenvalue weighted by Gasteiger charge is 2.36. The summed E-state index contributed by atoms with van der Waals surface area (Å²) in [5, 5.41) is 7.52. The Labute approximate surface area is 166 Å². The molecule has 150 valence electrons. The topological polar surface area (TPSA) is 46.0 Å². The minimum Gasteiger partial charge on any atom is -0.378 e. The number of halogens is 3. The molecule has 8 heteroatoms. The van der Waals surface area contributed by atoms with Crippen LogP contribution in [-0.2, 0) is 6.18 Å². The van der Waals surface area contributed by atoms with Crippen molar-refractivity contribution in [2.75, 3.05) is 24.3 Å². The lowest BCUT2D eigenvalue weighted by molar-refractivity contribution is -0.138. The number of benzene rings is 2. The molecule has 2 aromatic carbocycles. The number of alkyl halides is 3. The van der Waals surface area contributed by atoms with Crippen molar-refractivity contribution in [3.63, 3.8) is 0 Å². The van der Waals surface area contributed by atoms with Crippen LogP contribution in [0.3, 0.4) is 0 Å². The minimum atomic E-state index is -4.46. The van der Waals surface area contributed by atoms with E-state index in [0.717, 1.165) is 17.3 Å². The van der Waals surface area contributed by atoms with E-state index in [1.807, 2.05) is 43.3 Å². The Morgan fingerprint density at radius 1 is 1.03 bits per heavy atom. The van der Waals surface area contributed by atoms with Crippen LogP contribution in [0, 0.1) is 6.92 Å². The fourth-order valence-corrected chi connectivity index (χ4v) is 3.44. The van der Waals surface area contributed by atoms with Gasteiger partial charge in [-0.25, -0.2) is 4.68 Å². The van der Waals surface area contributed by atoms with Gasteiger partial charge in [0.1, 0.15) is 11.9 Å². The van der Waals surface area contributed by atoms with Gasteiger partial charge in [-0.1, -0.05) is 30.3 Å². The highest BCUT2D eigenvalue weighted by Crippen LogP contribution is 2.39. The third-order valence-corrected chi connectivity index (χ3v) is 4.85. The number of rotatable bonds is 3. The van der Waals surface area contributed by atoms with E-state index in [9.17, 15) is 13.2 Å². The molecule has 2 heterocycles. The van der Waals surface area contributed by atoms with Gasteiger partial charge < -0.3 is 10.2 Å². The number of nitrogens with one attached hydrogen (secondary N) is 1. The number of anilines is 2. The van der Waals surface area contributed by atoms with E-state index in [4.69, 9.17) is 0 Å². The average Bonchev–Trinajstić information content (AvgIpc) is 3.06. The SMILES string of the molecule is Cc1nc2n(n1)[C@H](c1ccccc1C(F)(F)F)C=C(c1ccc(N(C)C)cc1)N2. The molecule has 0 spiro atoms. The molecule has 5 nitrogen and oxygen atoms in total. The molecule has 4 rings (SSSR count). The van der Waals surface area contributed by atoms with Crippen LogP contribution >= 0.6 is 0 Å². The molecule has 0 radical (unpaired) electrons. The number of allylic oxidation sites excluding steroid dienone is 1. The molecule has 0 unspecified atom stereocenters. The first kappa shape index (κ1) is 19.0. The second-order valence-corrected chi connectivity index (χ2v) is 7.10. The number of aryl methyl sites for hydroxylation is 1. The van der Waals surface area contributed by atoms with E-state index in [2.05, 4.69) is 15.4 Å². The summed E-state index contributed by atoms with van der Waals surface area (Å²) in [5.74, 6) is 0.901. The summed E-state index contributed by atoms with van der Waals surface area (Å²) in [6, 6.07) is 12.6. The van der Waals surface area contributed by atoms with E-state index < -0.39 is 17.8 Å². The normalized spacial score (nSPS) is 16.1. The van der Waals surface area contributed by atoms with Crippen LogP contribution in [0.1, 0.15) is 28.6 Å². The van der Waals surface area contributed by atoms with Crippen LogP contribution in [0.25, 0.3) is 5.70 Å². The van der Waals surface area contributed by atoms with E-state index in [1.54, 1.807) is 19.1 Å². The van der Waals surface area contributed by atoms with E-state index in [-0.39, 0.29) is 5.56 Å². The molecule has 0 fully saturated rings. The second-order valence-electron chi connectivity index (χ2n) is 7.10. The van der Waals surface area contributed by atoms with Crippen LogP contribution in [0.5, 0.6) is 0 Å². The maximum Gasteiger partial charge on any atom is 0.416 e. The monoisotopic (exact) mass is 399 g/mol. The zero-order chi connectivity index (χ0) is 20.8. The predicted octanol–water partition coefficient (Wildman–Crippen LogP) is 4.73. The lowest BCUT2D eigenvalue weighted by atomic mass is 9.97. The van der Waals surface area contributed by atoms with Gasteiger partial charge in [0, 0.05) is 25.5 Å². The molecule has 1 N–H and O–H groups in total. The van der Waals surface area contributed by atoms with Gasteiger partial charge in [0.15, 0.2) is 0 Å². The van der Waals surface area contributed by atoms with Crippen molar-refractivity contribution < 1.29 is 13.2 Å². The Hall–Kier alpha value is -3.29. The Kier molecular flexibility index (Phi) is 4.56. The second kappa shape index (κ2) is 6.95. The molecule has 0 amide bonds. The molecule has 3 aromatic rings. The van der Waals surface area contributed by atoms with Crippen LogP contribution in [-0.4, -0.2) is 28.9 Å². The maximum absolute atomic E-state index is 13.6. The van der Waals surface area contributed by atoms with Gasteiger partial charge in [-0.2, -0.15) is 23.3 Å². The first-order valence-corrected chi connectivity index (χ1v) is 9.10. The molecular formula is C21H20F3N5. The van der Waals surface area contributed by atoms with Crippen molar-refractivity contribution in [3.8, 4) is 0 Å². The molecular weight excluding hydrogens is 379 g/mol. The quantitative estimate of drug-likeness (QED) is 0.692. The van der Waals surface area contributed by atoms with Gasteiger partial charge in [-0.05, 0) is 42.3 Å². The Morgan fingerprint density at radius 2 is 1.72 bits per heavy atom. The van der Waals surface area contributed by atoms with Crippen LogP contribution in [0.4, 0.5) is 24.8 Å². The smallest absolute Gasteiger partial charge is 0.378 e. The zero-order valence-corrected chi connectivity index (χ0v) is 16.2. The molecule has 1 aromatic heterocycles. The number of hydrogen-bond donors (Lipinski definition) is 1. The fourth-order valence-electron chi connectivity index (χ4n) is 3.44. The van der Waals surface area contributed by atoms with Crippen molar-refractivity contribution in [1.29, 1.82) is 0 Å². The van der Waals surface area contributed by atoms with Crippen LogP contribution < -0.4 is 10.2 Å². The summed E-state index contributed by atoms with van der Waals surface area (Å²) in [7, 11) is 3.89. The Morgan fingerprint density at radius 3 is 2.38 bits per heavy atom. The highest BCUT2D eigenvalue weighted by molar-refractivity contribution is 5.78. The van der Waals surface area contributed by atoms with Gasteiger partial charge in [0.25, 0.3) is 0 Å². The van der Waals surface area contributed by atoms with E-state index >= 15 is 0 Å². The molecule has 0 saturated heterocycles. The molecule has 0 bridgehead atoms. The number of nitrogens with zero attached hydrogens (tertiary/aromatic N) is 4. The summed E-state index contributed by atoms with van der Waals surface area (Å²) in [6.45, 7) is 1.71. The number of hydrogen-bond acceptors (Lipinski definition) is 4. The summed E-state index contributed by atoms with van der Waals surface area (Å²) < 4.78 is 42.4. The van der Waals surface area contributed by atoms with Crippen molar-refractivity contribution in [2.45, 2.75) is 19.1 Å². The van der Waals surface area contributed by atoms with Gasteiger partial charge in [-0.3, -0.25) is 0 Å². The molecule has 1 aliphatic rings. The average molecular weight is 399 g/mol. The molecule has 0 saturated carbocycles. The number of aromatic nitrogens is 3. The summed E-state index contributed by atoms with van der Waals surface area (Å²) >= 11 is 0. The lowest BCUT2D eigenvalue weighted by Gasteiger charge is -2.26. The summed E-state index contributed by atoms with van der Waals surface area (Å²) in [6.07, 6.45) is -2.70. The van der Waals surface area contributed by atoms with Gasteiger partial charge in [0.05, 0.1) is 5.56 Å². The third kappa shape index (κ3) is 3.57. The van der Waals surface area contributed by atoms with E-state index in [1.165, 1.54) is 16.8 Å². The van der Waals surface area contributed by atoms with E-state index in [0.29, 0.717) is 17.5 Å².